The number of ether oxygens (including phenoxy) is 2. The highest BCUT2D eigenvalue weighted by molar-refractivity contribution is 7.85. The summed E-state index contributed by atoms with van der Waals surface area (Å²) in [6.07, 6.45) is 5.37. The summed E-state index contributed by atoms with van der Waals surface area (Å²) in [5.74, 6) is 0.903. The molecular formula is C18H28NO6S-. The maximum Gasteiger partial charge on any atom is 0.312 e. The van der Waals surface area contributed by atoms with E-state index in [1.807, 2.05) is 4.90 Å². The lowest BCUT2D eigenvalue weighted by Crippen LogP contribution is -2.52. The van der Waals surface area contributed by atoms with Crippen LogP contribution in [0.3, 0.4) is 0 Å². The van der Waals surface area contributed by atoms with Gasteiger partial charge in [-0.2, -0.15) is 0 Å². The lowest BCUT2D eigenvalue weighted by molar-refractivity contribution is -0.177. The summed E-state index contributed by atoms with van der Waals surface area (Å²) in [5, 5.41) is 0. The first-order chi connectivity index (χ1) is 12.3. The predicted octanol–water partition coefficient (Wildman–Crippen LogP) is 0.992. The van der Waals surface area contributed by atoms with E-state index in [0.717, 1.165) is 19.3 Å². The Morgan fingerprint density at radius 1 is 1.12 bits per heavy atom. The molecule has 0 radical (unpaired) electrons. The van der Waals surface area contributed by atoms with Crippen LogP contribution in [0.1, 0.15) is 38.5 Å². The maximum absolute atomic E-state index is 13.1. The number of hydrogen-bond donors (Lipinski definition) is 0. The normalized spacial score (nSPS) is 38.3. The molecular weight excluding hydrogens is 358 g/mol. The summed E-state index contributed by atoms with van der Waals surface area (Å²) >= 11 is 0. The Morgan fingerprint density at radius 3 is 2.15 bits per heavy atom. The SMILES string of the molecule is O=C(OC(CN1CCOCC1)CS(=O)(=O)[O-])C12CC3CC(CC(C3)C1)C2. The quantitative estimate of drug-likeness (QED) is 0.496. The summed E-state index contributed by atoms with van der Waals surface area (Å²) in [5.41, 5.74) is -0.440. The van der Waals surface area contributed by atoms with Gasteiger partial charge in [-0.3, -0.25) is 9.69 Å². The lowest BCUT2D eigenvalue weighted by atomic mass is 9.49. The summed E-state index contributed by atoms with van der Waals surface area (Å²) < 4.78 is 45.0. The van der Waals surface area contributed by atoms with Crippen molar-refractivity contribution >= 4 is 16.1 Å². The van der Waals surface area contributed by atoms with Crippen LogP contribution in [0.25, 0.3) is 0 Å². The zero-order valence-corrected chi connectivity index (χ0v) is 15.9. The van der Waals surface area contributed by atoms with Crippen LogP contribution in [0, 0.1) is 23.2 Å². The standard InChI is InChI=1S/C18H29NO6S/c20-17(18-8-13-5-14(9-18)7-15(6-13)10-18)25-16(12-26(21,22)23)11-19-1-3-24-4-2-19/h13-16H,1-12H2,(H,21,22,23)/p-1. The Bertz CT molecular complexity index is 607. The van der Waals surface area contributed by atoms with E-state index in [1.54, 1.807) is 0 Å². The third kappa shape index (κ3) is 4.08. The van der Waals surface area contributed by atoms with E-state index in [2.05, 4.69) is 0 Å². The van der Waals surface area contributed by atoms with Crippen LogP contribution < -0.4 is 0 Å². The topological polar surface area (TPSA) is 96.0 Å². The van der Waals surface area contributed by atoms with Crippen molar-refractivity contribution in [1.29, 1.82) is 0 Å². The van der Waals surface area contributed by atoms with E-state index in [9.17, 15) is 17.8 Å². The molecule has 5 rings (SSSR count). The third-order valence-corrected chi connectivity index (χ3v) is 7.48. The van der Waals surface area contributed by atoms with Crippen molar-refractivity contribution in [2.75, 3.05) is 38.6 Å². The van der Waals surface area contributed by atoms with E-state index in [4.69, 9.17) is 9.47 Å². The summed E-state index contributed by atoms with van der Waals surface area (Å²) in [6, 6.07) is 0. The van der Waals surface area contributed by atoms with Crippen molar-refractivity contribution in [3.8, 4) is 0 Å². The number of carbonyl (C=O) groups is 1. The van der Waals surface area contributed by atoms with Crippen molar-refractivity contribution in [3.63, 3.8) is 0 Å². The minimum atomic E-state index is -4.46. The van der Waals surface area contributed by atoms with Gasteiger partial charge in [-0.15, -0.1) is 0 Å². The molecule has 1 saturated heterocycles. The molecule has 0 aromatic rings. The first-order valence-electron chi connectivity index (χ1n) is 9.76. The fraction of sp³-hybridized carbons (Fsp3) is 0.944. The van der Waals surface area contributed by atoms with Gasteiger partial charge in [0.25, 0.3) is 0 Å². The molecule has 148 valence electrons. The van der Waals surface area contributed by atoms with Crippen LogP contribution in [0.5, 0.6) is 0 Å². The molecule has 0 spiro atoms. The van der Waals surface area contributed by atoms with E-state index in [0.29, 0.717) is 44.1 Å². The zero-order valence-electron chi connectivity index (χ0n) is 15.1. The van der Waals surface area contributed by atoms with Gasteiger partial charge in [0.05, 0.1) is 34.5 Å². The maximum atomic E-state index is 13.1. The highest BCUT2D eigenvalue weighted by Gasteiger charge is 2.55. The van der Waals surface area contributed by atoms with Crippen molar-refractivity contribution in [2.24, 2.45) is 23.2 Å². The second-order valence-corrected chi connectivity index (χ2v) is 10.3. The molecule has 4 saturated carbocycles. The molecule has 8 heteroatoms. The van der Waals surface area contributed by atoms with Crippen LogP contribution in [-0.2, 0) is 24.4 Å². The van der Waals surface area contributed by atoms with Crippen LogP contribution in [0.2, 0.25) is 0 Å². The molecule has 1 unspecified atom stereocenters. The monoisotopic (exact) mass is 386 g/mol. The van der Waals surface area contributed by atoms with Gasteiger partial charge in [0.15, 0.2) is 0 Å². The fourth-order valence-electron chi connectivity index (χ4n) is 6.06. The molecule has 7 nitrogen and oxygen atoms in total. The summed E-state index contributed by atoms with van der Waals surface area (Å²) in [4.78, 5) is 15.1. The number of esters is 1. The molecule has 1 heterocycles. The highest BCUT2D eigenvalue weighted by Crippen LogP contribution is 2.60. The van der Waals surface area contributed by atoms with Gasteiger partial charge >= 0.3 is 5.97 Å². The highest BCUT2D eigenvalue weighted by atomic mass is 32.2. The van der Waals surface area contributed by atoms with Crippen molar-refractivity contribution < 1.29 is 27.2 Å². The van der Waals surface area contributed by atoms with Crippen LogP contribution >= 0.6 is 0 Å². The average Bonchev–Trinajstić information content (AvgIpc) is 2.53. The van der Waals surface area contributed by atoms with Gasteiger partial charge in [0.1, 0.15) is 6.10 Å². The molecule has 26 heavy (non-hydrogen) atoms. The average molecular weight is 386 g/mol. The number of carbonyl (C=O) groups excluding carboxylic acids is 1. The van der Waals surface area contributed by atoms with Gasteiger partial charge in [0.2, 0.25) is 0 Å². The molecule has 4 bridgehead atoms. The minimum absolute atomic E-state index is 0.265. The van der Waals surface area contributed by atoms with Crippen LogP contribution in [-0.4, -0.2) is 68.5 Å². The third-order valence-electron chi connectivity index (χ3n) is 6.70. The smallest absolute Gasteiger partial charge is 0.312 e. The Morgan fingerprint density at radius 2 is 1.65 bits per heavy atom. The molecule has 1 aliphatic heterocycles. The number of morpholine rings is 1. The van der Waals surface area contributed by atoms with E-state index in [1.165, 1.54) is 19.3 Å². The Balaban J connectivity index is 1.45. The van der Waals surface area contributed by atoms with Gasteiger partial charge in [-0.05, 0) is 56.3 Å². The zero-order chi connectivity index (χ0) is 18.4. The number of nitrogens with zero attached hydrogens (tertiary/aromatic N) is 1. The lowest BCUT2D eigenvalue weighted by Gasteiger charge is -2.55. The van der Waals surface area contributed by atoms with Gasteiger partial charge in [0, 0.05) is 19.6 Å². The Hall–Kier alpha value is -0.700. The molecule has 1 atom stereocenters. The minimum Gasteiger partial charge on any atom is -0.748 e. The molecule has 5 fully saturated rings. The fourth-order valence-corrected chi connectivity index (χ4v) is 6.69. The predicted molar refractivity (Wildman–Crippen MR) is 92.3 cm³/mol. The van der Waals surface area contributed by atoms with Gasteiger partial charge < -0.3 is 14.0 Å². The second-order valence-electron chi connectivity index (χ2n) is 8.86. The summed E-state index contributed by atoms with van der Waals surface area (Å²) in [7, 11) is -4.46. The van der Waals surface area contributed by atoms with E-state index >= 15 is 0 Å². The van der Waals surface area contributed by atoms with Crippen molar-refractivity contribution in [3.05, 3.63) is 0 Å². The largest absolute Gasteiger partial charge is 0.748 e. The van der Waals surface area contributed by atoms with Crippen LogP contribution in [0.4, 0.5) is 0 Å². The Kier molecular flexibility index (Phi) is 5.05. The molecule has 5 aliphatic rings. The second kappa shape index (κ2) is 7.04. The molecule has 0 amide bonds. The Labute approximate surface area is 155 Å². The first-order valence-corrected chi connectivity index (χ1v) is 11.3. The van der Waals surface area contributed by atoms with Crippen molar-refractivity contribution in [1.82, 2.24) is 4.90 Å². The molecule has 4 aliphatic carbocycles. The first kappa shape index (κ1) is 18.7. The van der Waals surface area contributed by atoms with Gasteiger partial charge in [-0.25, -0.2) is 8.42 Å². The number of rotatable bonds is 6. The van der Waals surface area contributed by atoms with Crippen LogP contribution in [0.15, 0.2) is 0 Å². The number of hydrogen-bond acceptors (Lipinski definition) is 7. The van der Waals surface area contributed by atoms with E-state index in [-0.39, 0.29) is 12.5 Å². The van der Waals surface area contributed by atoms with Gasteiger partial charge in [-0.1, -0.05) is 0 Å². The molecule has 0 N–H and O–H groups in total. The molecule has 0 aromatic carbocycles. The van der Waals surface area contributed by atoms with E-state index < -0.39 is 27.4 Å². The van der Waals surface area contributed by atoms with Crippen molar-refractivity contribution in [2.45, 2.75) is 44.6 Å². The summed E-state index contributed by atoms with van der Waals surface area (Å²) in [6.45, 7) is 2.73. The molecule has 0 aromatic heterocycles.